The number of rotatable bonds is 0. The first-order valence-electron chi connectivity index (χ1n) is 1.93. The van der Waals surface area contributed by atoms with E-state index in [0.717, 1.165) is 0 Å². The average molecular weight is 100 g/mol. The van der Waals surface area contributed by atoms with Crippen LogP contribution in [0.4, 0.5) is 0 Å². The summed E-state index contributed by atoms with van der Waals surface area (Å²) >= 11 is 0. The number of hydrogen-bond acceptors (Lipinski definition) is 1. The summed E-state index contributed by atoms with van der Waals surface area (Å²) in [6, 6.07) is 0. The molecule has 1 heterocycles. The Hall–Kier alpha value is -1.06. The first kappa shape index (κ1) is 4.11. The van der Waals surface area contributed by atoms with E-state index in [9.17, 15) is 4.91 Å². The van der Waals surface area contributed by atoms with E-state index in [0.29, 0.717) is 4.54 Å². The Morgan fingerprint density at radius 3 is 2.71 bits per heavy atom. The first-order valence-corrected chi connectivity index (χ1v) is 1.93. The number of hydrogen-bond donors (Lipinski definition) is 1. The maximum absolute atomic E-state index is 10.1. The molecule has 0 bridgehead atoms. The zero-order valence-electron chi connectivity index (χ0n) is 3.96. The van der Waals surface area contributed by atoms with Crippen molar-refractivity contribution in [1.82, 2.24) is 9.90 Å². The summed E-state index contributed by atoms with van der Waals surface area (Å²) in [5.41, 5.74) is 0. The number of aryl methyl sites for hydroxylation is 1. The fraction of sp³-hybridized carbons (Fsp3) is 0.333. The molecule has 1 N–H and O–H groups in total. The second kappa shape index (κ2) is 1.22. The molecule has 0 aliphatic rings. The molecule has 0 aliphatic carbocycles. The number of aromatic amines is 1. The van der Waals surface area contributed by atoms with E-state index in [1.807, 2.05) is 0 Å². The Bertz CT molecular complexity index is 198. The van der Waals surface area contributed by atoms with E-state index in [2.05, 4.69) is 5.21 Å². The van der Waals surface area contributed by atoms with Crippen molar-refractivity contribution in [1.29, 1.82) is 0 Å². The molecule has 0 atom stereocenters. The number of nitrogens with one attached hydrogen (secondary N) is 1. The molecule has 0 unspecified atom stereocenters. The third-order valence-corrected chi connectivity index (χ3v) is 0.682. The van der Waals surface area contributed by atoms with Crippen LogP contribution in [0.1, 0.15) is 0 Å². The fourth-order valence-corrected chi connectivity index (χ4v) is 0.383. The zero-order chi connectivity index (χ0) is 5.28. The molecule has 1 aromatic rings. The predicted octanol–water partition coefficient (Wildman–Crippen LogP) is -0.732. The van der Waals surface area contributed by atoms with Crippen molar-refractivity contribution in [3.63, 3.8) is 0 Å². The third kappa shape index (κ3) is 0.677. The number of nitrogens with zero attached hydrogens (tertiary/aromatic N) is 2. The largest absolute Gasteiger partial charge is 0.206 e. The van der Waals surface area contributed by atoms with Crippen molar-refractivity contribution < 1.29 is 4.54 Å². The Labute approximate surface area is 39.9 Å². The van der Waals surface area contributed by atoms with Gasteiger partial charge in [-0.15, -0.1) is 0 Å². The van der Waals surface area contributed by atoms with Gasteiger partial charge in [0.15, 0.2) is 6.20 Å². The molecule has 0 saturated carbocycles. The Morgan fingerprint density at radius 1 is 1.86 bits per heavy atom. The highest BCUT2D eigenvalue weighted by atomic mass is 16.3. The molecule has 1 aromatic heterocycles. The lowest BCUT2D eigenvalue weighted by Crippen LogP contribution is -2.14. The Balaban J connectivity index is 3.30. The van der Waals surface area contributed by atoms with Crippen LogP contribution in [0, 0.1) is 4.91 Å². The van der Waals surface area contributed by atoms with Crippen LogP contribution in [0.2, 0.25) is 0 Å². The van der Waals surface area contributed by atoms with Gasteiger partial charge in [0.2, 0.25) is 6.20 Å². The van der Waals surface area contributed by atoms with Gasteiger partial charge in [-0.2, -0.15) is 4.68 Å². The molecule has 0 saturated heterocycles. The van der Waals surface area contributed by atoms with Gasteiger partial charge in [0.25, 0.3) is 0 Å². The summed E-state index contributed by atoms with van der Waals surface area (Å²) in [6.07, 6.45) is 3.02. The fourth-order valence-electron chi connectivity index (χ4n) is 0.383. The van der Waals surface area contributed by atoms with Gasteiger partial charge in [0.1, 0.15) is 7.05 Å². The summed E-state index contributed by atoms with van der Waals surface area (Å²) in [5, 5.41) is 2.42. The minimum Gasteiger partial charge on any atom is -0.166 e. The van der Waals surface area contributed by atoms with Gasteiger partial charge in [-0.25, -0.2) is 0 Å². The molecule has 1 rings (SSSR count). The Morgan fingerprint density at radius 2 is 2.57 bits per heavy atom. The molecule has 0 aromatic carbocycles. The zero-order valence-corrected chi connectivity index (χ0v) is 3.96. The van der Waals surface area contributed by atoms with Crippen LogP contribution in [0.25, 0.3) is 0 Å². The summed E-state index contributed by atoms with van der Waals surface area (Å²) in [5.74, 6) is 0. The topological polar surface area (TPSA) is 43.7 Å². The second-order valence-electron chi connectivity index (χ2n) is 1.33. The summed E-state index contributed by atoms with van der Waals surface area (Å²) in [4.78, 5) is 10.1. The SMILES string of the molecule is Cn1cc[n+](=O)[nH]1. The van der Waals surface area contributed by atoms with Crippen LogP contribution in [0.3, 0.4) is 0 Å². The summed E-state index contributed by atoms with van der Waals surface area (Å²) in [6.45, 7) is 0. The van der Waals surface area contributed by atoms with E-state index < -0.39 is 0 Å². The third-order valence-electron chi connectivity index (χ3n) is 0.682. The van der Waals surface area contributed by atoms with E-state index in [1.54, 1.807) is 17.9 Å². The van der Waals surface area contributed by atoms with Crippen molar-refractivity contribution in [3.8, 4) is 0 Å². The molecule has 0 aliphatic heterocycles. The van der Waals surface area contributed by atoms with Crippen LogP contribution in [0.15, 0.2) is 12.4 Å². The quantitative estimate of drug-likeness (QED) is 0.429. The van der Waals surface area contributed by atoms with E-state index >= 15 is 0 Å². The molecule has 7 heavy (non-hydrogen) atoms. The second-order valence-corrected chi connectivity index (χ2v) is 1.33. The van der Waals surface area contributed by atoms with Gasteiger partial charge in [-0.1, -0.05) is 5.21 Å². The van der Waals surface area contributed by atoms with Crippen LogP contribution in [-0.2, 0) is 7.05 Å². The molecule has 0 spiro atoms. The maximum atomic E-state index is 10.1. The lowest BCUT2D eigenvalue weighted by atomic mass is 10.9. The average Bonchev–Trinajstić information content (AvgIpc) is 1.87. The monoisotopic (exact) mass is 100 g/mol. The minimum absolute atomic E-state index is 0.625. The van der Waals surface area contributed by atoms with Gasteiger partial charge < -0.3 is 0 Å². The molecular weight excluding hydrogens is 94.1 g/mol. The van der Waals surface area contributed by atoms with Crippen molar-refractivity contribution in [2.24, 2.45) is 7.05 Å². The van der Waals surface area contributed by atoms with Gasteiger partial charge in [-0.3, -0.25) is 0 Å². The normalized spacial score (nSPS) is 9.29. The van der Waals surface area contributed by atoms with Crippen molar-refractivity contribution in [2.75, 3.05) is 0 Å². The van der Waals surface area contributed by atoms with Crippen LogP contribution >= 0.6 is 0 Å². The summed E-state index contributed by atoms with van der Waals surface area (Å²) < 4.78 is 2.19. The highest BCUT2D eigenvalue weighted by molar-refractivity contribution is 4.52. The highest BCUT2D eigenvalue weighted by Gasteiger charge is 1.85. The van der Waals surface area contributed by atoms with E-state index in [1.165, 1.54) is 6.20 Å². The minimum atomic E-state index is 0.625. The molecule has 4 nitrogen and oxygen atoms in total. The van der Waals surface area contributed by atoms with Gasteiger partial charge in [0.05, 0.1) is 4.54 Å². The van der Waals surface area contributed by atoms with Crippen molar-refractivity contribution >= 4 is 0 Å². The predicted molar refractivity (Wildman–Crippen MR) is 23.1 cm³/mol. The summed E-state index contributed by atoms with van der Waals surface area (Å²) in [7, 11) is 1.74. The molecule has 4 heteroatoms. The lowest BCUT2D eigenvalue weighted by molar-refractivity contribution is -0.566. The van der Waals surface area contributed by atoms with Crippen molar-refractivity contribution in [3.05, 3.63) is 17.3 Å². The van der Waals surface area contributed by atoms with E-state index in [4.69, 9.17) is 0 Å². The highest BCUT2D eigenvalue weighted by Crippen LogP contribution is 1.62. The van der Waals surface area contributed by atoms with Gasteiger partial charge in [-0.05, 0) is 4.91 Å². The Kier molecular flexibility index (Phi) is 0.714. The molecule has 0 radical (unpaired) electrons. The number of H-pyrrole nitrogens is 1. The maximum Gasteiger partial charge on any atom is 0.206 e. The molecule has 38 valence electrons. The van der Waals surface area contributed by atoms with Crippen LogP contribution in [-0.4, -0.2) is 9.90 Å². The molecule has 0 fully saturated rings. The molecular formula is C3H6N3O+. The van der Waals surface area contributed by atoms with Crippen LogP contribution < -0.4 is 4.54 Å². The number of aromatic nitrogens is 3. The van der Waals surface area contributed by atoms with E-state index in [-0.39, 0.29) is 0 Å². The first-order chi connectivity index (χ1) is 3.29. The van der Waals surface area contributed by atoms with Crippen molar-refractivity contribution in [2.45, 2.75) is 0 Å². The molecule has 0 amide bonds. The van der Waals surface area contributed by atoms with Gasteiger partial charge in [0, 0.05) is 0 Å². The van der Waals surface area contributed by atoms with Crippen LogP contribution in [0.5, 0.6) is 0 Å². The standard InChI is InChI=1S/C3H6N3O/c1-5-2-3-6(7)4-5/h2-3H,1H3,(H,4,7)/q+1. The van der Waals surface area contributed by atoms with Gasteiger partial charge >= 0.3 is 0 Å². The smallest absolute Gasteiger partial charge is 0.166 e. The lowest BCUT2D eigenvalue weighted by Gasteiger charge is -1.67.